The molecule has 1 aliphatic heterocycles. The van der Waals surface area contributed by atoms with Crippen LogP contribution in [0.2, 0.25) is 0 Å². The molecule has 2 heterocycles. The quantitative estimate of drug-likeness (QED) is 0.530. The van der Waals surface area contributed by atoms with Gasteiger partial charge in [-0.2, -0.15) is 0 Å². The van der Waals surface area contributed by atoms with Crippen LogP contribution in [0.4, 0.5) is 0 Å². The lowest BCUT2D eigenvalue weighted by Gasteiger charge is -2.34. The molecule has 0 unspecified atom stereocenters. The lowest BCUT2D eigenvalue weighted by Crippen LogP contribution is -2.34. The van der Waals surface area contributed by atoms with Crippen LogP contribution in [0.3, 0.4) is 0 Å². The Hall–Kier alpha value is -3.09. The van der Waals surface area contributed by atoms with Gasteiger partial charge >= 0.3 is 0 Å². The van der Waals surface area contributed by atoms with Crippen molar-refractivity contribution in [3.63, 3.8) is 0 Å². The van der Waals surface area contributed by atoms with E-state index in [1.165, 1.54) is 11.1 Å². The van der Waals surface area contributed by atoms with Crippen molar-refractivity contribution >= 4 is 0 Å². The molecule has 3 aromatic rings. The molecule has 168 valence electrons. The topological polar surface area (TPSA) is 61.8 Å². The Morgan fingerprint density at radius 3 is 2.50 bits per heavy atom. The molecule has 32 heavy (non-hydrogen) atoms. The molecule has 0 bridgehead atoms. The zero-order valence-corrected chi connectivity index (χ0v) is 19.1. The van der Waals surface area contributed by atoms with Crippen LogP contribution in [-0.2, 0) is 11.2 Å². The number of methoxy groups -OCH3 is 3. The number of rotatable bonds is 8. The van der Waals surface area contributed by atoms with Crippen LogP contribution in [0, 0.1) is 6.92 Å². The Bertz CT molecular complexity index is 1050. The highest BCUT2D eigenvalue weighted by molar-refractivity contribution is 5.52. The van der Waals surface area contributed by atoms with Crippen molar-refractivity contribution in [1.29, 1.82) is 0 Å². The summed E-state index contributed by atoms with van der Waals surface area (Å²) in [5, 5.41) is 3.81. The first-order chi connectivity index (χ1) is 15.6. The van der Waals surface area contributed by atoms with E-state index >= 15 is 0 Å². The van der Waals surface area contributed by atoms with Gasteiger partial charge in [0.15, 0.2) is 11.5 Å². The molecule has 1 aromatic heterocycles. The first-order valence-electron chi connectivity index (χ1n) is 10.8. The third-order valence-electron chi connectivity index (χ3n) is 5.79. The molecule has 4 rings (SSSR count). The Kier molecular flexibility index (Phi) is 6.93. The fraction of sp³-hybridized carbons (Fsp3) is 0.346. The number of pyridine rings is 1. The predicted octanol–water partition coefficient (Wildman–Crippen LogP) is 4.41. The molecule has 0 saturated heterocycles. The van der Waals surface area contributed by atoms with Gasteiger partial charge in [-0.1, -0.05) is 18.2 Å². The largest absolute Gasteiger partial charge is 0.493 e. The monoisotopic (exact) mass is 434 g/mol. The Morgan fingerprint density at radius 2 is 1.78 bits per heavy atom. The normalized spacial score (nSPS) is 17.5. The summed E-state index contributed by atoms with van der Waals surface area (Å²) in [6, 6.07) is 16.6. The zero-order valence-electron chi connectivity index (χ0n) is 19.1. The zero-order chi connectivity index (χ0) is 22.5. The third kappa shape index (κ3) is 4.71. The smallest absolute Gasteiger partial charge is 0.161 e. The minimum atomic E-state index is -0.0439. The van der Waals surface area contributed by atoms with Crippen molar-refractivity contribution in [3.8, 4) is 17.2 Å². The molecule has 0 saturated carbocycles. The fourth-order valence-electron chi connectivity index (χ4n) is 4.13. The van der Waals surface area contributed by atoms with Crippen molar-refractivity contribution < 1.29 is 18.9 Å². The maximum Gasteiger partial charge on any atom is 0.161 e. The van der Waals surface area contributed by atoms with E-state index in [0.717, 1.165) is 40.5 Å². The highest BCUT2D eigenvalue weighted by Gasteiger charge is 2.30. The molecule has 2 aromatic carbocycles. The number of nitrogens with one attached hydrogen (secondary N) is 1. The van der Waals surface area contributed by atoms with Crippen LogP contribution in [0.25, 0.3) is 0 Å². The maximum absolute atomic E-state index is 5.86. The van der Waals surface area contributed by atoms with E-state index in [0.29, 0.717) is 13.2 Å². The van der Waals surface area contributed by atoms with E-state index in [1.807, 2.05) is 18.3 Å². The van der Waals surface area contributed by atoms with E-state index in [4.69, 9.17) is 18.9 Å². The lowest BCUT2D eigenvalue weighted by molar-refractivity contribution is 0.146. The van der Waals surface area contributed by atoms with Crippen molar-refractivity contribution in [3.05, 3.63) is 82.7 Å². The number of hydrogen-bond donors (Lipinski definition) is 1. The second-order valence-corrected chi connectivity index (χ2v) is 7.94. The molecule has 6 heteroatoms. The third-order valence-corrected chi connectivity index (χ3v) is 5.79. The Morgan fingerprint density at radius 1 is 0.969 bits per heavy atom. The summed E-state index contributed by atoms with van der Waals surface area (Å²) in [4.78, 5) is 4.69. The number of hydrogen-bond acceptors (Lipinski definition) is 6. The summed E-state index contributed by atoms with van der Waals surface area (Å²) in [6.07, 6.45) is 2.73. The van der Waals surface area contributed by atoms with E-state index in [1.54, 1.807) is 21.3 Å². The van der Waals surface area contributed by atoms with Crippen LogP contribution >= 0.6 is 0 Å². The molecule has 1 N–H and O–H groups in total. The van der Waals surface area contributed by atoms with Gasteiger partial charge in [0.05, 0.1) is 38.6 Å². The highest BCUT2D eigenvalue weighted by Crippen LogP contribution is 2.41. The fourth-order valence-corrected chi connectivity index (χ4v) is 4.13. The van der Waals surface area contributed by atoms with Crippen LogP contribution in [-0.4, -0.2) is 39.5 Å². The molecule has 0 amide bonds. The van der Waals surface area contributed by atoms with E-state index in [2.05, 4.69) is 53.6 Å². The van der Waals surface area contributed by atoms with Gasteiger partial charge in [0, 0.05) is 13.3 Å². The SMILES string of the molecule is COCCOc1cccc([C@H]2N[C@@H](c3ccc(C)cn3)Cc3cc(OC)c(OC)cc32)c1. The van der Waals surface area contributed by atoms with Gasteiger partial charge in [0.1, 0.15) is 12.4 Å². The van der Waals surface area contributed by atoms with Gasteiger partial charge < -0.3 is 18.9 Å². The van der Waals surface area contributed by atoms with Crippen molar-refractivity contribution in [2.24, 2.45) is 0 Å². The first kappa shape index (κ1) is 22.1. The number of aryl methyl sites for hydroxylation is 1. The summed E-state index contributed by atoms with van der Waals surface area (Å²) >= 11 is 0. The molecule has 0 aliphatic carbocycles. The van der Waals surface area contributed by atoms with Crippen LogP contribution in [0.1, 0.15) is 40.0 Å². The molecule has 0 fully saturated rings. The Labute approximate surface area is 189 Å². The van der Waals surface area contributed by atoms with Crippen molar-refractivity contribution in [2.45, 2.75) is 25.4 Å². The minimum absolute atomic E-state index is 0.0439. The van der Waals surface area contributed by atoms with Gasteiger partial charge in [-0.05, 0) is 65.9 Å². The molecule has 6 nitrogen and oxygen atoms in total. The number of aromatic nitrogens is 1. The summed E-state index contributed by atoms with van der Waals surface area (Å²) in [6.45, 7) is 3.11. The van der Waals surface area contributed by atoms with Gasteiger partial charge in [0.25, 0.3) is 0 Å². The molecule has 0 spiro atoms. The molecular weight excluding hydrogens is 404 g/mol. The molecule has 1 aliphatic rings. The van der Waals surface area contributed by atoms with Crippen LogP contribution in [0.15, 0.2) is 54.7 Å². The number of nitrogens with zero attached hydrogens (tertiary/aromatic N) is 1. The van der Waals surface area contributed by atoms with E-state index in [-0.39, 0.29) is 12.1 Å². The van der Waals surface area contributed by atoms with Crippen LogP contribution in [0.5, 0.6) is 17.2 Å². The average Bonchev–Trinajstić information content (AvgIpc) is 2.83. The molecule has 2 atom stereocenters. The van der Waals surface area contributed by atoms with Crippen molar-refractivity contribution in [2.75, 3.05) is 34.5 Å². The van der Waals surface area contributed by atoms with Gasteiger partial charge in [-0.15, -0.1) is 0 Å². The van der Waals surface area contributed by atoms with E-state index in [9.17, 15) is 0 Å². The van der Waals surface area contributed by atoms with Gasteiger partial charge in [0.2, 0.25) is 0 Å². The summed E-state index contributed by atoms with van der Waals surface area (Å²) in [5.41, 5.74) is 5.66. The maximum atomic E-state index is 5.86. The number of ether oxygens (including phenoxy) is 4. The highest BCUT2D eigenvalue weighted by atomic mass is 16.5. The van der Waals surface area contributed by atoms with Crippen molar-refractivity contribution in [1.82, 2.24) is 10.3 Å². The molecular formula is C26H30N2O4. The standard InChI is InChI=1S/C26H30N2O4/c1-17-8-9-22(27-16-17)23-13-19-14-24(30-3)25(31-4)15-21(19)26(28-23)18-6-5-7-20(12-18)32-11-10-29-2/h5-9,12,14-16,23,26,28H,10-11,13H2,1-4H3/t23-,26-/m1/s1. The summed E-state index contributed by atoms with van der Waals surface area (Å²) in [7, 11) is 5.00. The average molecular weight is 435 g/mol. The first-order valence-corrected chi connectivity index (χ1v) is 10.8. The number of fused-ring (bicyclic) bond motifs is 1. The summed E-state index contributed by atoms with van der Waals surface area (Å²) < 4.78 is 22.1. The number of benzene rings is 2. The van der Waals surface area contributed by atoms with Gasteiger partial charge in [-0.25, -0.2) is 0 Å². The molecule has 0 radical (unpaired) electrons. The minimum Gasteiger partial charge on any atom is -0.493 e. The predicted molar refractivity (Wildman–Crippen MR) is 124 cm³/mol. The van der Waals surface area contributed by atoms with Gasteiger partial charge in [-0.3, -0.25) is 10.3 Å². The van der Waals surface area contributed by atoms with Crippen LogP contribution < -0.4 is 19.5 Å². The second-order valence-electron chi connectivity index (χ2n) is 7.94. The second kappa shape index (κ2) is 10.0. The lowest BCUT2D eigenvalue weighted by atomic mass is 9.85. The summed E-state index contributed by atoms with van der Waals surface area (Å²) in [5.74, 6) is 2.27. The van der Waals surface area contributed by atoms with E-state index < -0.39 is 0 Å². The Balaban J connectivity index is 1.74.